The van der Waals surface area contributed by atoms with Gasteiger partial charge in [0.2, 0.25) is 0 Å². The number of nitrogens with zero attached hydrogens (tertiary/aromatic N) is 1. The van der Waals surface area contributed by atoms with Crippen molar-refractivity contribution in [3.05, 3.63) is 17.5 Å². The third kappa shape index (κ3) is 3.42. The molecule has 106 valence electrons. The molecule has 1 saturated heterocycles. The Bertz CT molecular complexity index is 524. The second kappa shape index (κ2) is 6.13. The highest BCUT2D eigenvalue weighted by molar-refractivity contribution is 7.91. The summed E-state index contributed by atoms with van der Waals surface area (Å²) in [5.74, 6) is 0.0686. The third-order valence-electron chi connectivity index (χ3n) is 3.06. The molecule has 2 rings (SSSR count). The highest BCUT2D eigenvalue weighted by Crippen LogP contribution is 2.25. The van der Waals surface area contributed by atoms with Crippen molar-refractivity contribution in [3.8, 4) is 0 Å². The lowest BCUT2D eigenvalue weighted by atomic mass is 10.1. The number of ether oxygens (including phenoxy) is 1. The molecule has 1 aromatic rings. The van der Waals surface area contributed by atoms with Gasteiger partial charge in [0.1, 0.15) is 9.99 Å². The van der Waals surface area contributed by atoms with Gasteiger partial charge >= 0.3 is 0 Å². The minimum Gasteiger partial charge on any atom is -0.378 e. The average molecular weight is 303 g/mol. The maximum Gasteiger partial charge on any atom is 0.252 e. The van der Waals surface area contributed by atoms with Gasteiger partial charge in [0, 0.05) is 19.0 Å². The lowest BCUT2D eigenvalue weighted by molar-refractivity contribution is -0.117. The summed E-state index contributed by atoms with van der Waals surface area (Å²) >= 11 is 1.21. The lowest BCUT2D eigenvalue weighted by Gasteiger charge is -2.34. The van der Waals surface area contributed by atoms with Crippen molar-refractivity contribution >= 4 is 27.1 Å². The zero-order chi connectivity index (χ0) is 13.9. The molecular weight excluding hydrogens is 286 g/mol. The van der Waals surface area contributed by atoms with Crippen molar-refractivity contribution in [1.82, 2.24) is 4.31 Å². The number of morpholine rings is 1. The molecule has 7 heteroatoms. The van der Waals surface area contributed by atoms with E-state index in [2.05, 4.69) is 0 Å². The molecule has 0 spiro atoms. The summed E-state index contributed by atoms with van der Waals surface area (Å²) < 4.78 is 32.2. The van der Waals surface area contributed by atoms with Crippen LogP contribution in [-0.2, 0) is 19.6 Å². The van der Waals surface area contributed by atoms with Crippen LogP contribution in [0.4, 0.5) is 0 Å². The fourth-order valence-electron chi connectivity index (χ4n) is 2.08. The molecule has 1 unspecified atom stereocenters. The number of carbonyl (C=O) groups is 1. The summed E-state index contributed by atoms with van der Waals surface area (Å²) in [7, 11) is -3.46. The van der Waals surface area contributed by atoms with Gasteiger partial charge in [-0.05, 0) is 24.8 Å². The first-order valence-corrected chi connectivity index (χ1v) is 8.46. The Hall–Kier alpha value is -0.760. The molecule has 2 heterocycles. The lowest BCUT2D eigenvalue weighted by Crippen LogP contribution is -2.48. The smallest absolute Gasteiger partial charge is 0.252 e. The summed E-state index contributed by atoms with van der Waals surface area (Å²) in [6, 6.07) is 3.09. The van der Waals surface area contributed by atoms with E-state index in [1.807, 2.05) is 0 Å². The van der Waals surface area contributed by atoms with Crippen LogP contribution in [0.5, 0.6) is 0 Å². The number of hydrogen-bond acceptors (Lipinski definition) is 5. The van der Waals surface area contributed by atoms with Crippen LogP contribution in [0, 0.1) is 0 Å². The monoisotopic (exact) mass is 303 g/mol. The SMILES string of the molecule is CC(=O)CCC1COCCN1S(=O)(=O)c1cccs1. The molecule has 0 aromatic carbocycles. The molecule has 19 heavy (non-hydrogen) atoms. The van der Waals surface area contributed by atoms with E-state index in [4.69, 9.17) is 4.74 Å². The second-order valence-corrected chi connectivity index (χ2v) is 7.58. The molecule has 0 bridgehead atoms. The summed E-state index contributed by atoms with van der Waals surface area (Å²) in [6.45, 7) is 2.63. The van der Waals surface area contributed by atoms with E-state index < -0.39 is 10.0 Å². The van der Waals surface area contributed by atoms with Crippen molar-refractivity contribution in [2.24, 2.45) is 0 Å². The average Bonchev–Trinajstić information content (AvgIpc) is 2.91. The van der Waals surface area contributed by atoms with E-state index in [1.165, 1.54) is 22.6 Å². The minimum atomic E-state index is -3.46. The van der Waals surface area contributed by atoms with E-state index in [1.54, 1.807) is 17.5 Å². The summed E-state index contributed by atoms with van der Waals surface area (Å²) in [5.41, 5.74) is 0. The Balaban J connectivity index is 2.17. The van der Waals surface area contributed by atoms with Crippen molar-refractivity contribution in [3.63, 3.8) is 0 Å². The zero-order valence-corrected chi connectivity index (χ0v) is 12.4. The fourth-order valence-corrected chi connectivity index (χ4v) is 4.82. The van der Waals surface area contributed by atoms with Crippen molar-refractivity contribution in [1.29, 1.82) is 0 Å². The van der Waals surface area contributed by atoms with Crippen LogP contribution in [0.1, 0.15) is 19.8 Å². The van der Waals surface area contributed by atoms with E-state index in [9.17, 15) is 13.2 Å². The Morgan fingerprint density at radius 2 is 2.37 bits per heavy atom. The number of ketones is 1. The quantitative estimate of drug-likeness (QED) is 0.827. The van der Waals surface area contributed by atoms with Gasteiger partial charge < -0.3 is 9.53 Å². The van der Waals surface area contributed by atoms with Gasteiger partial charge in [0.25, 0.3) is 10.0 Å². The first-order chi connectivity index (χ1) is 9.01. The largest absolute Gasteiger partial charge is 0.378 e. The first kappa shape index (κ1) is 14.6. The Morgan fingerprint density at radius 1 is 1.58 bits per heavy atom. The molecule has 1 fully saturated rings. The molecule has 0 saturated carbocycles. The fraction of sp³-hybridized carbons (Fsp3) is 0.583. The van der Waals surface area contributed by atoms with E-state index in [0.29, 0.717) is 36.8 Å². The van der Waals surface area contributed by atoms with Crippen molar-refractivity contribution in [2.75, 3.05) is 19.8 Å². The van der Waals surface area contributed by atoms with Gasteiger partial charge in [0.15, 0.2) is 0 Å². The van der Waals surface area contributed by atoms with Crippen LogP contribution in [0.3, 0.4) is 0 Å². The normalized spacial score (nSPS) is 21.4. The van der Waals surface area contributed by atoms with Gasteiger partial charge in [0.05, 0.1) is 13.2 Å². The first-order valence-electron chi connectivity index (χ1n) is 6.14. The molecular formula is C12H17NO4S2. The maximum atomic E-state index is 12.5. The third-order valence-corrected chi connectivity index (χ3v) is 6.39. The maximum absolute atomic E-state index is 12.5. The van der Waals surface area contributed by atoms with Gasteiger partial charge in [-0.2, -0.15) is 4.31 Å². The number of carbonyl (C=O) groups excluding carboxylic acids is 1. The molecule has 0 aliphatic carbocycles. The van der Waals surface area contributed by atoms with Crippen molar-refractivity contribution < 1.29 is 17.9 Å². The Kier molecular flexibility index (Phi) is 4.72. The predicted molar refractivity (Wildman–Crippen MR) is 72.7 cm³/mol. The number of rotatable bonds is 5. The number of sulfonamides is 1. The zero-order valence-electron chi connectivity index (χ0n) is 10.7. The topological polar surface area (TPSA) is 63.7 Å². The summed E-state index contributed by atoms with van der Waals surface area (Å²) in [6.07, 6.45) is 0.893. The van der Waals surface area contributed by atoms with Crippen LogP contribution in [0.15, 0.2) is 21.7 Å². The highest BCUT2D eigenvalue weighted by Gasteiger charge is 2.34. The summed E-state index contributed by atoms with van der Waals surface area (Å²) in [4.78, 5) is 11.1. The van der Waals surface area contributed by atoms with Crippen LogP contribution >= 0.6 is 11.3 Å². The van der Waals surface area contributed by atoms with Gasteiger partial charge in [-0.3, -0.25) is 0 Å². The number of thiophene rings is 1. The number of hydrogen-bond donors (Lipinski definition) is 0. The second-order valence-electron chi connectivity index (χ2n) is 4.52. The standard InChI is InChI=1S/C12H17NO4S2/c1-10(14)4-5-11-9-17-7-6-13(11)19(15,16)12-3-2-8-18-12/h2-3,8,11H,4-7,9H2,1H3. The van der Waals surface area contributed by atoms with Crippen molar-refractivity contribution in [2.45, 2.75) is 30.0 Å². The van der Waals surface area contributed by atoms with Gasteiger partial charge in [-0.25, -0.2) is 8.42 Å². The Morgan fingerprint density at radius 3 is 3.00 bits per heavy atom. The number of Topliss-reactive ketones (excluding diaryl/α,β-unsaturated/α-hetero) is 1. The van der Waals surface area contributed by atoms with Crippen LogP contribution in [0.2, 0.25) is 0 Å². The molecule has 0 radical (unpaired) electrons. The van der Waals surface area contributed by atoms with Crippen LogP contribution in [0.25, 0.3) is 0 Å². The summed E-state index contributed by atoms with van der Waals surface area (Å²) in [5, 5.41) is 1.75. The van der Waals surface area contributed by atoms with Gasteiger partial charge in [-0.15, -0.1) is 11.3 Å². The molecule has 0 N–H and O–H groups in total. The van der Waals surface area contributed by atoms with E-state index in [0.717, 1.165) is 0 Å². The van der Waals surface area contributed by atoms with Crippen LogP contribution < -0.4 is 0 Å². The molecule has 1 aromatic heterocycles. The molecule has 1 atom stereocenters. The molecule has 5 nitrogen and oxygen atoms in total. The minimum absolute atomic E-state index is 0.0686. The van der Waals surface area contributed by atoms with E-state index in [-0.39, 0.29) is 11.8 Å². The highest BCUT2D eigenvalue weighted by atomic mass is 32.2. The molecule has 1 aliphatic rings. The Labute approximate surface area is 117 Å². The van der Waals surface area contributed by atoms with Crippen LogP contribution in [-0.4, -0.2) is 44.3 Å². The van der Waals surface area contributed by atoms with Gasteiger partial charge in [-0.1, -0.05) is 6.07 Å². The molecule has 0 amide bonds. The molecule has 1 aliphatic heterocycles. The predicted octanol–water partition coefficient (Wildman–Crippen LogP) is 1.51. The van der Waals surface area contributed by atoms with E-state index >= 15 is 0 Å².